The van der Waals surface area contributed by atoms with Crippen LogP contribution in [0.2, 0.25) is 0 Å². The molecule has 1 aliphatic carbocycles. The third kappa shape index (κ3) is 4.22. The molecule has 1 aliphatic rings. The van der Waals surface area contributed by atoms with Crippen LogP contribution in [0.5, 0.6) is 0 Å². The van der Waals surface area contributed by atoms with Gasteiger partial charge in [-0.15, -0.1) is 12.4 Å². The molecule has 0 radical (unpaired) electrons. The monoisotopic (exact) mass is 387 g/mol. The Morgan fingerprint density at radius 1 is 1.35 bits per heavy atom. The average Bonchev–Trinajstić information content (AvgIpc) is 2.99. The highest BCUT2D eigenvalue weighted by Gasteiger charge is 2.62. The Kier molecular flexibility index (Phi) is 7.68. The Balaban J connectivity index is 0.00000338. The summed E-state index contributed by atoms with van der Waals surface area (Å²) in [6, 6.07) is 1.74. The lowest BCUT2D eigenvalue weighted by Crippen LogP contribution is -2.75. The average molecular weight is 388 g/mol. The van der Waals surface area contributed by atoms with Crippen molar-refractivity contribution in [2.24, 2.45) is 11.1 Å². The first kappa shape index (κ1) is 22.5. The minimum atomic E-state index is -0.915. The van der Waals surface area contributed by atoms with Crippen molar-refractivity contribution in [1.82, 2.24) is 10.6 Å². The first-order valence-electron chi connectivity index (χ1n) is 8.75. The lowest BCUT2D eigenvalue weighted by atomic mass is 9.54. The van der Waals surface area contributed by atoms with E-state index in [2.05, 4.69) is 10.6 Å². The molecule has 2 unspecified atom stereocenters. The van der Waals surface area contributed by atoms with Gasteiger partial charge in [0.25, 0.3) is 5.91 Å². The maximum atomic E-state index is 12.4. The van der Waals surface area contributed by atoms with Gasteiger partial charge in [-0.2, -0.15) is 0 Å². The maximum absolute atomic E-state index is 12.4. The molecule has 1 heterocycles. The van der Waals surface area contributed by atoms with E-state index in [1.807, 2.05) is 27.7 Å². The van der Waals surface area contributed by atoms with Crippen LogP contribution in [0.1, 0.15) is 49.7 Å². The van der Waals surface area contributed by atoms with E-state index in [4.69, 9.17) is 14.9 Å². The van der Waals surface area contributed by atoms with Crippen molar-refractivity contribution in [2.75, 3.05) is 19.7 Å². The fourth-order valence-electron chi connectivity index (χ4n) is 3.16. The zero-order chi connectivity index (χ0) is 18.7. The van der Waals surface area contributed by atoms with Crippen molar-refractivity contribution in [3.8, 4) is 0 Å². The summed E-state index contributed by atoms with van der Waals surface area (Å²) in [4.78, 5) is 24.3. The summed E-state index contributed by atoms with van der Waals surface area (Å²) in [5.74, 6) is -0.0893. The molecule has 2 rings (SSSR count). The molecule has 8 heteroatoms. The molecule has 0 aromatic carbocycles. The summed E-state index contributed by atoms with van der Waals surface area (Å²) in [5.41, 5.74) is 5.79. The van der Waals surface area contributed by atoms with E-state index in [0.717, 1.165) is 5.56 Å². The van der Waals surface area contributed by atoms with Gasteiger partial charge in [0.2, 0.25) is 5.91 Å². The number of aryl methyl sites for hydroxylation is 1. The standard InChI is InChI=1S/C18H29N3O4.ClH/c1-5-24-13-11-18(19,17(13,3)4)16(23)21-9-6-8-20-15(22)14-12(2)7-10-25-14;/h7,10,13H,5-6,8-9,11,19H2,1-4H3,(H,20,22)(H,21,23);1H. The third-order valence-electron chi connectivity index (χ3n) is 5.23. The zero-order valence-corrected chi connectivity index (χ0v) is 16.7. The van der Waals surface area contributed by atoms with Crippen LogP contribution < -0.4 is 16.4 Å². The van der Waals surface area contributed by atoms with Crippen molar-refractivity contribution >= 4 is 24.2 Å². The van der Waals surface area contributed by atoms with Gasteiger partial charge < -0.3 is 25.5 Å². The van der Waals surface area contributed by atoms with E-state index >= 15 is 0 Å². The molecule has 1 aromatic heterocycles. The second-order valence-corrected chi connectivity index (χ2v) is 7.14. The predicted octanol–water partition coefficient (Wildman–Crippen LogP) is 1.78. The van der Waals surface area contributed by atoms with Crippen LogP contribution in [-0.4, -0.2) is 43.2 Å². The first-order chi connectivity index (χ1) is 11.7. The summed E-state index contributed by atoms with van der Waals surface area (Å²) in [7, 11) is 0. The van der Waals surface area contributed by atoms with E-state index in [1.54, 1.807) is 6.07 Å². The normalized spacial score (nSPS) is 23.5. The van der Waals surface area contributed by atoms with Crippen molar-refractivity contribution < 1.29 is 18.7 Å². The topological polar surface area (TPSA) is 107 Å². The highest BCUT2D eigenvalue weighted by Crippen LogP contribution is 2.49. The summed E-state index contributed by atoms with van der Waals surface area (Å²) in [6.07, 6.45) is 2.63. The van der Waals surface area contributed by atoms with Gasteiger partial charge in [-0.3, -0.25) is 9.59 Å². The Hall–Kier alpha value is -1.57. The highest BCUT2D eigenvalue weighted by atomic mass is 35.5. The summed E-state index contributed by atoms with van der Waals surface area (Å²) in [5, 5.41) is 5.64. The van der Waals surface area contributed by atoms with E-state index in [1.165, 1.54) is 6.26 Å². The smallest absolute Gasteiger partial charge is 0.287 e. The number of hydrogen-bond acceptors (Lipinski definition) is 5. The number of nitrogens with one attached hydrogen (secondary N) is 2. The Morgan fingerprint density at radius 2 is 2.00 bits per heavy atom. The fraction of sp³-hybridized carbons (Fsp3) is 0.667. The molecule has 0 saturated heterocycles. The number of carbonyl (C=O) groups is 2. The van der Waals surface area contributed by atoms with Crippen LogP contribution in [0, 0.1) is 12.3 Å². The van der Waals surface area contributed by atoms with Crippen molar-refractivity contribution in [2.45, 2.75) is 52.2 Å². The van der Waals surface area contributed by atoms with Gasteiger partial charge in [0.1, 0.15) is 5.54 Å². The van der Waals surface area contributed by atoms with Crippen molar-refractivity contribution in [1.29, 1.82) is 0 Å². The Morgan fingerprint density at radius 3 is 2.54 bits per heavy atom. The van der Waals surface area contributed by atoms with Gasteiger partial charge >= 0.3 is 0 Å². The van der Waals surface area contributed by atoms with Crippen LogP contribution in [0.15, 0.2) is 16.7 Å². The van der Waals surface area contributed by atoms with Gasteiger partial charge in [-0.05, 0) is 26.3 Å². The second kappa shape index (κ2) is 8.88. The number of nitrogens with two attached hydrogens (primary N) is 1. The fourth-order valence-corrected chi connectivity index (χ4v) is 3.16. The summed E-state index contributed by atoms with van der Waals surface area (Å²) >= 11 is 0. The van der Waals surface area contributed by atoms with Gasteiger partial charge in [0.15, 0.2) is 5.76 Å². The molecule has 1 aromatic rings. The molecule has 0 bridgehead atoms. The molecular formula is C18H30ClN3O4. The van der Waals surface area contributed by atoms with E-state index < -0.39 is 11.0 Å². The minimum Gasteiger partial charge on any atom is -0.459 e. The molecular weight excluding hydrogens is 358 g/mol. The SMILES string of the molecule is CCOC1CC(N)(C(=O)NCCCNC(=O)c2occc2C)C1(C)C.Cl. The van der Waals surface area contributed by atoms with Gasteiger partial charge in [0.05, 0.1) is 12.4 Å². The van der Waals surface area contributed by atoms with Crippen molar-refractivity contribution in [3.63, 3.8) is 0 Å². The number of furan rings is 1. The molecule has 4 N–H and O–H groups in total. The molecule has 7 nitrogen and oxygen atoms in total. The lowest BCUT2D eigenvalue weighted by molar-refractivity contribution is -0.170. The Labute approximate surface area is 160 Å². The summed E-state index contributed by atoms with van der Waals surface area (Å²) in [6.45, 7) is 9.18. The lowest BCUT2D eigenvalue weighted by Gasteiger charge is -2.57. The number of halogens is 1. The number of ether oxygens (including phenoxy) is 1. The summed E-state index contributed by atoms with van der Waals surface area (Å²) < 4.78 is 10.8. The third-order valence-corrected chi connectivity index (χ3v) is 5.23. The number of hydrogen-bond donors (Lipinski definition) is 3. The van der Waals surface area contributed by atoms with Crippen LogP contribution in [-0.2, 0) is 9.53 Å². The van der Waals surface area contributed by atoms with Crippen LogP contribution in [0.25, 0.3) is 0 Å². The van der Waals surface area contributed by atoms with Crippen LogP contribution >= 0.6 is 12.4 Å². The quantitative estimate of drug-likeness (QED) is 0.589. The molecule has 0 aliphatic heterocycles. The molecule has 26 heavy (non-hydrogen) atoms. The highest BCUT2D eigenvalue weighted by molar-refractivity contribution is 5.92. The maximum Gasteiger partial charge on any atom is 0.287 e. The molecule has 0 spiro atoms. The second-order valence-electron chi connectivity index (χ2n) is 7.14. The van der Waals surface area contributed by atoms with E-state index in [9.17, 15) is 9.59 Å². The van der Waals surface area contributed by atoms with Crippen LogP contribution in [0.4, 0.5) is 0 Å². The first-order valence-corrected chi connectivity index (χ1v) is 8.75. The molecule has 2 atom stereocenters. The Bertz CT molecular complexity index is 632. The van der Waals surface area contributed by atoms with Gasteiger partial charge in [-0.25, -0.2) is 0 Å². The predicted molar refractivity (Wildman–Crippen MR) is 101 cm³/mol. The number of rotatable bonds is 8. The number of carbonyl (C=O) groups excluding carboxylic acids is 2. The zero-order valence-electron chi connectivity index (χ0n) is 15.9. The van der Waals surface area contributed by atoms with Gasteiger partial charge in [0, 0.05) is 37.1 Å². The van der Waals surface area contributed by atoms with E-state index in [-0.39, 0.29) is 30.3 Å². The van der Waals surface area contributed by atoms with Crippen molar-refractivity contribution in [3.05, 3.63) is 23.7 Å². The minimum absolute atomic E-state index is 0. The van der Waals surface area contributed by atoms with Crippen LogP contribution in [0.3, 0.4) is 0 Å². The molecule has 1 fully saturated rings. The van der Waals surface area contributed by atoms with Gasteiger partial charge in [-0.1, -0.05) is 13.8 Å². The largest absolute Gasteiger partial charge is 0.459 e. The molecule has 2 amide bonds. The number of amides is 2. The van der Waals surface area contributed by atoms with E-state index in [0.29, 0.717) is 38.3 Å². The molecule has 1 saturated carbocycles. The molecule has 148 valence electrons.